The first-order valence-corrected chi connectivity index (χ1v) is 6.35. The molecule has 0 aromatic carbocycles. The highest BCUT2D eigenvalue weighted by Gasteiger charge is 2.30. The van der Waals surface area contributed by atoms with Crippen LogP contribution in [0.1, 0.15) is 12.0 Å². The Hall–Kier alpha value is -2.64. The van der Waals surface area contributed by atoms with Crippen LogP contribution in [0.25, 0.3) is 0 Å². The summed E-state index contributed by atoms with van der Waals surface area (Å²) in [7, 11) is 0. The van der Waals surface area contributed by atoms with E-state index in [1.807, 2.05) is 0 Å². The van der Waals surface area contributed by atoms with Gasteiger partial charge in [-0.05, 0) is 18.2 Å². The Bertz CT molecular complexity index is 708. The first-order valence-electron chi connectivity index (χ1n) is 6.35. The largest absolute Gasteiger partial charge is 0.417 e. The molecule has 2 rings (SSSR count). The van der Waals surface area contributed by atoms with Crippen molar-refractivity contribution < 1.29 is 18.0 Å². The minimum absolute atomic E-state index is 0.00657. The molecule has 0 aliphatic carbocycles. The SMILES string of the molecule is O=C(CCn1ccccc1=O)Nc1ccc(C(F)(F)F)cn1. The monoisotopic (exact) mass is 311 g/mol. The molecule has 0 unspecified atom stereocenters. The van der Waals surface area contributed by atoms with Crippen LogP contribution in [0.15, 0.2) is 47.5 Å². The van der Waals surface area contributed by atoms with E-state index in [1.165, 1.54) is 10.6 Å². The fourth-order valence-corrected chi connectivity index (χ4v) is 1.71. The first-order chi connectivity index (χ1) is 10.4. The van der Waals surface area contributed by atoms with Gasteiger partial charge in [0.2, 0.25) is 5.91 Å². The zero-order valence-electron chi connectivity index (χ0n) is 11.3. The van der Waals surface area contributed by atoms with Crippen molar-refractivity contribution in [3.63, 3.8) is 0 Å². The van der Waals surface area contributed by atoms with Crippen molar-refractivity contribution in [2.45, 2.75) is 19.1 Å². The number of hydrogen-bond acceptors (Lipinski definition) is 3. The molecule has 0 spiro atoms. The van der Waals surface area contributed by atoms with Gasteiger partial charge >= 0.3 is 6.18 Å². The molecular weight excluding hydrogens is 299 g/mol. The maximum absolute atomic E-state index is 12.4. The highest BCUT2D eigenvalue weighted by Crippen LogP contribution is 2.28. The lowest BCUT2D eigenvalue weighted by Gasteiger charge is -2.08. The third-order valence-corrected chi connectivity index (χ3v) is 2.84. The third kappa shape index (κ3) is 4.18. The lowest BCUT2D eigenvalue weighted by molar-refractivity contribution is -0.137. The molecule has 0 saturated carbocycles. The van der Waals surface area contributed by atoms with Crippen molar-refractivity contribution >= 4 is 11.7 Å². The summed E-state index contributed by atoms with van der Waals surface area (Å²) in [5, 5.41) is 2.38. The molecule has 2 aromatic heterocycles. The lowest BCUT2D eigenvalue weighted by atomic mass is 10.3. The Morgan fingerprint density at radius 1 is 1.23 bits per heavy atom. The minimum atomic E-state index is -4.47. The van der Waals surface area contributed by atoms with Crippen LogP contribution >= 0.6 is 0 Å². The Morgan fingerprint density at radius 3 is 2.59 bits per heavy atom. The van der Waals surface area contributed by atoms with Crippen molar-refractivity contribution in [3.05, 3.63) is 58.6 Å². The number of rotatable bonds is 4. The van der Waals surface area contributed by atoms with Crippen LogP contribution in [0.2, 0.25) is 0 Å². The van der Waals surface area contributed by atoms with Crippen molar-refractivity contribution in [1.29, 1.82) is 0 Å². The quantitative estimate of drug-likeness (QED) is 0.942. The van der Waals surface area contributed by atoms with Gasteiger partial charge in [-0.1, -0.05) is 6.07 Å². The van der Waals surface area contributed by atoms with E-state index in [1.54, 1.807) is 18.3 Å². The van der Waals surface area contributed by atoms with Crippen LogP contribution in [0, 0.1) is 0 Å². The molecule has 116 valence electrons. The Balaban J connectivity index is 1.92. The first kappa shape index (κ1) is 15.7. The van der Waals surface area contributed by atoms with Gasteiger partial charge in [0.1, 0.15) is 5.82 Å². The Labute approximate surface area is 123 Å². The zero-order valence-corrected chi connectivity index (χ0v) is 11.3. The van der Waals surface area contributed by atoms with E-state index in [9.17, 15) is 22.8 Å². The maximum Gasteiger partial charge on any atom is 0.417 e. The number of pyridine rings is 2. The lowest BCUT2D eigenvalue weighted by Crippen LogP contribution is -2.22. The predicted molar refractivity (Wildman–Crippen MR) is 73.2 cm³/mol. The summed E-state index contributed by atoms with van der Waals surface area (Å²) < 4.78 is 38.5. The molecule has 1 amide bonds. The third-order valence-electron chi connectivity index (χ3n) is 2.84. The van der Waals surface area contributed by atoms with E-state index in [4.69, 9.17) is 0 Å². The topological polar surface area (TPSA) is 64.0 Å². The molecule has 0 radical (unpaired) electrons. The van der Waals surface area contributed by atoms with Crippen molar-refractivity contribution in [2.24, 2.45) is 0 Å². The molecule has 2 aromatic rings. The van der Waals surface area contributed by atoms with Crippen LogP contribution in [-0.2, 0) is 17.5 Å². The number of hydrogen-bond donors (Lipinski definition) is 1. The normalized spacial score (nSPS) is 11.2. The molecule has 0 fully saturated rings. The van der Waals surface area contributed by atoms with Gasteiger partial charge in [-0.2, -0.15) is 13.2 Å². The summed E-state index contributed by atoms with van der Waals surface area (Å²) in [4.78, 5) is 26.7. The van der Waals surface area contributed by atoms with E-state index < -0.39 is 17.6 Å². The molecule has 0 aliphatic rings. The second-order valence-electron chi connectivity index (χ2n) is 4.46. The number of nitrogens with zero attached hydrogens (tertiary/aromatic N) is 2. The molecule has 2 heterocycles. The molecular formula is C14H12F3N3O2. The average Bonchev–Trinajstić information content (AvgIpc) is 2.46. The smallest absolute Gasteiger partial charge is 0.315 e. The molecule has 0 bridgehead atoms. The van der Waals surface area contributed by atoms with Crippen molar-refractivity contribution in [2.75, 3.05) is 5.32 Å². The van der Waals surface area contributed by atoms with Crippen LogP contribution in [-0.4, -0.2) is 15.5 Å². The van der Waals surface area contributed by atoms with Gasteiger partial charge in [0.15, 0.2) is 0 Å². The fourth-order valence-electron chi connectivity index (χ4n) is 1.71. The van der Waals surface area contributed by atoms with Gasteiger partial charge in [-0.3, -0.25) is 9.59 Å². The number of carbonyl (C=O) groups is 1. The Kier molecular flexibility index (Phi) is 4.59. The van der Waals surface area contributed by atoms with Gasteiger partial charge in [-0.15, -0.1) is 0 Å². The highest BCUT2D eigenvalue weighted by atomic mass is 19.4. The molecule has 8 heteroatoms. The summed E-state index contributed by atoms with van der Waals surface area (Å²) in [5.74, 6) is -0.415. The van der Waals surface area contributed by atoms with Gasteiger partial charge in [-0.25, -0.2) is 4.98 Å². The van der Waals surface area contributed by atoms with Crippen LogP contribution in [0.5, 0.6) is 0 Å². The number of carbonyl (C=O) groups excluding carboxylic acids is 1. The number of alkyl halides is 3. The molecule has 1 N–H and O–H groups in total. The van der Waals surface area contributed by atoms with Crippen LogP contribution < -0.4 is 10.9 Å². The van der Waals surface area contributed by atoms with E-state index in [0.717, 1.165) is 12.1 Å². The fraction of sp³-hybridized carbons (Fsp3) is 0.214. The van der Waals surface area contributed by atoms with E-state index in [0.29, 0.717) is 6.20 Å². The molecule has 5 nitrogen and oxygen atoms in total. The van der Waals surface area contributed by atoms with E-state index in [2.05, 4.69) is 10.3 Å². The van der Waals surface area contributed by atoms with Gasteiger partial charge in [0, 0.05) is 31.4 Å². The second-order valence-corrected chi connectivity index (χ2v) is 4.46. The number of nitrogens with one attached hydrogen (secondary N) is 1. The molecule has 22 heavy (non-hydrogen) atoms. The summed E-state index contributed by atoms with van der Waals surface area (Å²) >= 11 is 0. The highest BCUT2D eigenvalue weighted by molar-refractivity contribution is 5.89. The van der Waals surface area contributed by atoms with Crippen LogP contribution in [0.4, 0.5) is 19.0 Å². The average molecular weight is 311 g/mol. The minimum Gasteiger partial charge on any atom is -0.315 e. The number of amides is 1. The van der Waals surface area contributed by atoms with E-state index >= 15 is 0 Å². The van der Waals surface area contributed by atoms with Crippen molar-refractivity contribution in [3.8, 4) is 0 Å². The number of aromatic nitrogens is 2. The molecule has 0 saturated heterocycles. The summed E-state index contributed by atoms with van der Waals surface area (Å²) in [6.07, 6.45) is -2.26. The summed E-state index contributed by atoms with van der Waals surface area (Å²) in [6, 6.07) is 6.54. The molecule has 0 atom stereocenters. The van der Waals surface area contributed by atoms with Gasteiger partial charge < -0.3 is 9.88 Å². The van der Waals surface area contributed by atoms with Crippen LogP contribution in [0.3, 0.4) is 0 Å². The zero-order chi connectivity index (χ0) is 16.2. The number of halogens is 3. The number of anilines is 1. The molecule has 0 aliphatic heterocycles. The van der Waals surface area contributed by atoms with Crippen molar-refractivity contribution in [1.82, 2.24) is 9.55 Å². The second kappa shape index (κ2) is 6.42. The number of aryl methyl sites for hydroxylation is 1. The van der Waals surface area contributed by atoms with Gasteiger partial charge in [0.25, 0.3) is 5.56 Å². The summed E-state index contributed by atoms with van der Waals surface area (Å²) in [6.45, 7) is 0.173. The van der Waals surface area contributed by atoms with E-state index in [-0.39, 0.29) is 24.3 Å². The maximum atomic E-state index is 12.4. The standard InChI is InChI=1S/C14H12F3N3O2/c15-14(16,17)10-4-5-11(18-9-10)19-12(21)6-8-20-7-2-1-3-13(20)22/h1-5,7,9H,6,8H2,(H,18,19,21). The Morgan fingerprint density at radius 2 is 2.00 bits per heavy atom. The van der Waals surface area contributed by atoms with Gasteiger partial charge in [0.05, 0.1) is 5.56 Å². The summed E-state index contributed by atoms with van der Waals surface area (Å²) in [5.41, 5.74) is -1.12. The predicted octanol–water partition coefficient (Wildman–Crippen LogP) is 2.29.